The Kier molecular flexibility index (Phi) is 8.94. The summed E-state index contributed by atoms with van der Waals surface area (Å²) in [6.07, 6.45) is 0.893. The highest BCUT2D eigenvalue weighted by atomic mass is 127. The van der Waals surface area contributed by atoms with Crippen molar-refractivity contribution in [2.45, 2.75) is 19.9 Å². The summed E-state index contributed by atoms with van der Waals surface area (Å²) in [6, 6.07) is 13.9. The van der Waals surface area contributed by atoms with E-state index in [1.165, 1.54) is 5.56 Å². The molecule has 6 heteroatoms. The average Bonchev–Trinajstić information content (AvgIpc) is 2.51. The fourth-order valence-electron chi connectivity index (χ4n) is 2.11. The van der Waals surface area contributed by atoms with Gasteiger partial charge in [-0.25, -0.2) is 0 Å². The molecule has 2 N–H and O–H groups in total. The second kappa shape index (κ2) is 10.4. The second-order valence-electron chi connectivity index (χ2n) is 5.00. The quantitative estimate of drug-likeness (QED) is 0.421. The number of rotatable bonds is 5. The summed E-state index contributed by atoms with van der Waals surface area (Å²) in [4.78, 5) is 8.67. The van der Waals surface area contributed by atoms with Crippen LogP contribution < -0.4 is 10.6 Å². The number of benzene rings is 1. The maximum Gasteiger partial charge on any atom is 0.191 e. The van der Waals surface area contributed by atoms with Crippen molar-refractivity contribution >= 4 is 41.5 Å². The van der Waals surface area contributed by atoms with Crippen molar-refractivity contribution in [1.82, 2.24) is 15.6 Å². The van der Waals surface area contributed by atoms with E-state index >= 15 is 0 Å². The van der Waals surface area contributed by atoms with Crippen LogP contribution in [0.1, 0.15) is 17.0 Å². The molecule has 0 atom stereocenters. The molecular weight excluding hydrogens is 423 g/mol. The van der Waals surface area contributed by atoms with Crippen LogP contribution in [0.4, 0.5) is 0 Å². The summed E-state index contributed by atoms with van der Waals surface area (Å²) >= 11 is 5.98. The molecule has 0 spiro atoms. The van der Waals surface area contributed by atoms with E-state index in [0.717, 1.165) is 35.3 Å². The highest BCUT2D eigenvalue weighted by Crippen LogP contribution is 2.10. The molecule has 1 aromatic carbocycles. The Hall–Kier alpha value is -1.34. The smallest absolute Gasteiger partial charge is 0.191 e. The predicted octanol–water partition coefficient (Wildman–Crippen LogP) is 3.57. The van der Waals surface area contributed by atoms with Gasteiger partial charge in [-0.15, -0.1) is 24.0 Å². The number of nitrogens with one attached hydrogen (secondary N) is 2. The molecule has 1 aromatic heterocycles. The predicted molar refractivity (Wildman–Crippen MR) is 108 cm³/mol. The van der Waals surface area contributed by atoms with E-state index in [2.05, 4.69) is 26.7 Å². The van der Waals surface area contributed by atoms with Crippen molar-refractivity contribution in [3.63, 3.8) is 0 Å². The zero-order valence-corrected chi connectivity index (χ0v) is 16.4. The third kappa shape index (κ3) is 7.18. The highest BCUT2D eigenvalue weighted by Gasteiger charge is 2.00. The lowest BCUT2D eigenvalue weighted by atomic mass is 10.1. The van der Waals surface area contributed by atoms with Gasteiger partial charge in [0.05, 0.1) is 12.2 Å². The van der Waals surface area contributed by atoms with Gasteiger partial charge in [0.1, 0.15) is 0 Å². The van der Waals surface area contributed by atoms with Crippen LogP contribution >= 0.6 is 35.6 Å². The summed E-state index contributed by atoms with van der Waals surface area (Å²) < 4.78 is 0. The molecular formula is C17H22ClIN4. The van der Waals surface area contributed by atoms with Gasteiger partial charge in [-0.2, -0.15) is 0 Å². The van der Waals surface area contributed by atoms with Crippen LogP contribution in [0.2, 0.25) is 5.02 Å². The van der Waals surface area contributed by atoms with Crippen LogP contribution in [0.15, 0.2) is 47.5 Å². The lowest BCUT2D eigenvalue weighted by molar-refractivity contribution is 0.781. The largest absolute Gasteiger partial charge is 0.356 e. The van der Waals surface area contributed by atoms with E-state index in [1.54, 1.807) is 7.05 Å². The Morgan fingerprint density at radius 1 is 1.17 bits per heavy atom. The first kappa shape index (κ1) is 19.7. The lowest BCUT2D eigenvalue weighted by Gasteiger charge is -2.12. The topological polar surface area (TPSA) is 49.3 Å². The van der Waals surface area contributed by atoms with E-state index in [9.17, 15) is 0 Å². The number of aryl methyl sites for hydroxylation is 1. The van der Waals surface area contributed by atoms with Crippen LogP contribution in [0.25, 0.3) is 0 Å². The van der Waals surface area contributed by atoms with Crippen molar-refractivity contribution in [1.29, 1.82) is 0 Å². The van der Waals surface area contributed by atoms with Crippen LogP contribution in [0.5, 0.6) is 0 Å². The number of pyridine rings is 1. The molecule has 0 aliphatic carbocycles. The molecule has 2 aromatic rings. The van der Waals surface area contributed by atoms with Gasteiger partial charge < -0.3 is 10.6 Å². The van der Waals surface area contributed by atoms with Gasteiger partial charge in [-0.3, -0.25) is 9.98 Å². The molecule has 1 heterocycles. The first-order chi connectivity index (χ1) is 10.7. The standard InChI is InChI=1S/C17H21ClN4.HI/c1-13-5-3-8-16(22-13)12-21-17(19-2)20-10-9-14-6-4-7-15(18)11-14;/h3-8,11H,9-10,12H2,1-2H3,(H2,19,20,21);1H. The molecule has 4 nitrogen and oxygen atoms in total. The van der Waals surface area contributed by atoms with Crippen LogP contribution in [0.3, 0.4) is 0 Å². The number of hydrogen-bond acceptors (Lipinski definition) is 2. The first-order valence-electron chi connectivity index (χ1n) is 7.29. The lowest BCUT2D eigenvalue weighted by Crippen LogP contribution is -2.38. The average molecular weight is 445 g/mol. The van der Waals surface area contributed by atoms with Gasteiger partial charge in [-0.05, 0) is 43.2 Å². The summed E-state index contributed by atoms with van der Waals surface area (Å²) in [7, 11) is 1.76. The van der Waals surface area contributed by atoms with E-state index in [4.69, 9.17) is 11.6 Å². The van der Waals surface area contributed by atoms with E-state index in [0.29, 0.717) is 6.54 Å². The van der Waals surface area contributed by atoms with Crippen molar-refractivity contribution in [2.24, 2.45) is 4.99 Å². The monoisotopic (exact) mass is 444 g/mol. The van der Waals surface area contributed by atoms with Crippen LogP contribution in [-0.2, 0) is 13.0 Å². The number of halogens is 2. The van der Waals surface area contributed by atoms with Crippen molar-refractivity contribution in [2.75, 3.05) is 13.6 Å². The molecule has 0 radical (unpaired) electrons. The van der Waals surface area contributed by atoms with Gasteiger partial charge in [0.15, 0.2) is 5.96 Å². The maximum absolute atomic E-state index is 5.98. The van der Waals surface area contributed by atoms with Crippen molar-refractivity contribution in [3.05, 3.63) is 64.4 Å². The zero-order chi connectivity index (χ0) is 15.8. The van der Waals surface area contributed by atoms with Crippen LogP contribution in [-0.4, -0.2) is 24.5 Å². The molecule has 0 saturated heterocycles. The number of hydrogen-bond donors (Lipinski definition) is 2. The number of aromatic nitrogens is 1. The fourth-order valence-corrected chi connectivity index (χ4v) is 2.32. The minimum absolute atomic E-state index is 0. The molecule has 23 heavy (non-hydrogen) atoms. The third-order valence-electron chi connectivity index (χ3n) is 3.20. The molecule has 2 rings (SSSR count). The van der Waals surface area contributed by atoms with Gasteiger partial charge in [0.25, 0.3) is 0 Å². The molecule has 0 aliphatic rings. The van der Waals surface area contributed by atoms with E-state index < -0.39 is 0 Å². The summed E-state index contributed by atoms with van der Waals surface area (Å²) in [6.45, 7) is 3.43. The van der Waals surface area contributed by atoms with Gasteiger partial charge >= 0.3 is 0 Å². The normalized spacial score (nSPS) is 10.8. The maximum atomic E-state index is 5.98. The van der Waals surface area contributed by atoms with Crippen LogP contribution in [0, 0.1) is 6.92 Å². The Morgan fingerprint density at radius 2 is 1.96 bits per heavy atom. The second-order valence-corrected chi connectivity index (χ2v) is 5.44. The summed E-state index contributed by atoms with van der Waals surface area (Å²) in [5.41, 5.74) is 3.22. The molecule has 0 fully saturated rings. The van der Waals surface area contributed by atoms with E-state index in [-0.39, 0.29) is 24.0 Å². The fraction of sp³-hybridized carbons (Fsp3) is 0.294. The number of guanidine groups is 1. The highest BCUT2D eigenvalue weighted by molar-refractivity contribution is 14.0. The third-order valence-corrected chi connectivity index (χ3v) is 3.44. The summed E-state index contributed by atoms with van der Waals surface area (Å²) in [5, 5.41) is 7.32. The van der Waals surface area contributed by atoms with Gasteiger partial charge in [0.2, 0.25) is 0 Å². The SMILES string of the molecule is CN=C(NCCc1cccc(Cl)c1)NCc1cccc(C)n1.I. The number of nitrogens with zero attached hydrogens (tertiary/aromatic N) is 2. The number of aliphatic imine (C=N–C) groups is 1. The molecule has 124 valence electrons. The molecule has 0 amide bonds. The minimum Gasteiger partial charge on any atom is -0.356 e. The van der Waals surface area contributed by atoms with E-state index in [1.807, 2.05) is 43.3 Å². The molecule has 0 unspecified atom stereocenters. The van der Waals surface area contributed by atoms with Crippen molar-refractivity contribution in [3.8, 4) is 0 Å². The molecule has 0 bridgehead atoms. The van der Waals surface area contributed by atoms with Gasteiger partial charge in [0, 0.05) is 24.3 Å². The summed E-state index contributed by atoms with van der Waals surface area (Å²) in [5.74, 6) is 0.769. The minimum atomic E-state index is 0. The Labute approximate surface area is 159 Å². The van der Waals surface area contributed by atoms with Crippen molar-refractivity contribution < 1.29 is 0 Å². The molecule has 0 saturated carbocycles. The Balaban J connectivity index is 0.00000264. The zero-order valence-electron chi connectivity index (χ0n) is 13.3. The Bertz CT molecular complexity index is 646. The Morgan fingerprint density at radius 3 is 2.65 bits per heavy atom. The molecule has 0 aliphatic heterocycles. The van der Waals surface area contributed by atoms with Gasteiger partial charge in [-0.1, -0.05) is 29.8 Å². The first-order valence-corrected chi connectivity index (χ1v) is 7.66.